The van der Waals surface area contributed by atoms with E-state index in [-0.39, 0.29) is 12.0 Å². The van der Waals surface area contributed by atoms with Crippen LogP contribution >= 0.6 is 11.3 Å². The minimum absolute atomic E-state index is 0.284. The molecule has 170 valence electrons. The minimum Gasteiger partial charge on any atom is -0.373 e. The molecule has 5 heterocycles. The molecule has 0 aliphatic carbocycles. The fourth-order valence-corrected chi connectivity index (χ4v) is 6.15. The Hall–Kier alpha value is -2.33. The molecule has 0 radical (unpaired) electrons. The van der Waals surface area contributed by atoms with Gasteiger partial charge in [-0.15, -0.1) is 11.3 Å². The molecule has 1 aliphatic rings. The minimum atomic E-state index is -0.985. The van der Waals surface area contributed by atoms with E-state index in [0.717, 1.165) is 44.1 Å². The predicted molar refractivity (Wildman–Crippen MR) is 126 cm³/mol. The number of aliphatic hydroxyl groups excluding tert-OH is 1. The third-order valence-electron chi connectivity index (χ3n) is 6.49. The highest BCUT2D eigenvalue weighted by atomic mass is 32.1. The van der Waals surface area contributed by atoms with Crippen molar-refractivity contribution in [2.75, 3.05) is 20.1 Å². The number of nitrogens with zero attached hydrogens (tertiary/aromatic N) is 4. The van der Waals surface area contributed by atoms with Crippen LogP contribution in [0.15, 0.2) is 24.7 Å². The summed E-state index contributed by atoms with van der Waals surface area (Å²) in [4.78, 5) is 10.5. The van der Waals surface area contributed by atoms with Crippen LogP contribution in [0.25, 0.3) is 27.1 Å². The van der Waals surface area contributed by atoms with E-state index in [9.17, 15) is 9.50 Å². The van der Waals surface area contributed by atoms with Gasteiger partial charge in [-0.05, 0) is 56.1 Å². The van der Waals surface area contributed by atoms with E-state index in [0.29, 0.717) is 13.0 Å². The van der Waals surface area contributed by atoms with E-state index >= 15 is 0 Å². The zero-order valence-corrected chi connectivity index (χ0v) is 19.6. The summed E-state index contributed by atoms with van der Waals surface area (Å²) in [5.41, 5.74) is 6.25. The topological polar surface area (TPSA) is 81.5 Å². The number of alkyl halides is 1. The van der Waals surface area contributed by atoms with Crippen molar-refractivity contribution >= 4 is 27.2 Å². The van der Waals surface area contributed by atoms with Gasteiger partial charge in [0.2, 0.25) is 0 Å². The first kappa shape index (κ1) is 21.5. The molecule has 1 saturated heterocycles. The zero-order chi connectivity index (χ0) is 22.6. The van der Waals surface area contributed by atoms with E-state index in [1.54, 1.807) is 27.1 Å². The highest BCUT2D eigenvalue weighted by molar-refractivity contribution is 7.19. The van der Waals surface area contributed by atoms with Crippen molar-refractivity contribution < 1.29 is 9.50 Å². The van der Waals surface area contributed by atoms with Crippen molar-refractivity contribution in [3.8, 4) is 11.3 Å². The Morgan fingerprint density at radius 3 is 2.91 bits per heavy atom. The van der Waals surface area contributed by atoms with Crippen LogP contribution in [0.3, 0.4) is 0 Å². The number of aromatic nitrogens is 4. The van der Waals surface area contributed by atoms with Crippen molar-refractivity contribution in [3.05, 3.63) is 40.7 Å². The molecular formula is C23H29FN6OS. The second-order valence-corrected chi connectivity index (χ2v) is 10.1. The predicted octanol–water partition coefficient (Wildman–Crippen LogP) is 3.99. The van der Waals surface area contributed by atoms with Gasteiger partial charge in [0, 0.05) is 24.3 Å². The monoisotopic (exact) mass is 456 g/mol. The average molecular weight is 457 g/mol. The van der Waals surface area contributed by atoms with Crippen molar-refractivity contribution in [2.24, 2.45) is 0 Å². The van der Waals surface area contributed by atoms with E-state index in [1.807, 2.05) is 26.2 Å². The maximum absolute atomic E-state index is 14.4. The maximum atomic E-state index is 14.4. The molecule has 0 aromatic carbocycles. The molecule has 1 aliphatic heterocycles. The number of thiophene rings is 1. The molecule has 3 N–H and O–H groups in total. The van der Waals surface area contributed by atoms with E-state index in [2.05, 4.69) is 40.3 Å². The van der Waals surface area contributed by atoms with Crippen LogP contribution < -0.4 is 5.32 Å². The molecule has 4 aromatic heterocycles. The van der Waals surface area contributed by atoms with E-state index < -0.39 is 12.4 Å². The summed E-state index contributed by atoms with van der Waals surface area (Å²) in [6, 6.07) is 3.85. The molecule has 1 unspecified atom stereocenters. The van der Waals surface area contributed by atoms with Crippen LogP contribution in [0, 0.1) is 6.92 Å². The molecule has 0 spiro atoms. The highest BCUT2D eigenvalue weighted by Crippen LogP contribution is 2.42. The summed E-state index contributed by atoms with van der Waals surface area (Å²) in [5, 5.41) is 18.4. The van der Waals surface area contributed by atoms with Crippen molar-refractivity contribution in [1.82, 2.24) is 29.8 Å². The molecule has 1 fully saturated rings. The Balaban J connectivity index is 1.53. The van der Waals surface area contributed by atoms with Gasteiger partial charge < -0.3 is 15.4 Å². The Kier molecular flexibility index (Phi) is 5.53. The van der Waals surface area contributed by atoms with Crippen LogP contribution in [0.2, 0.25) is 0 Å². The highest BCUT2D eigenvalue weighted by Gasteiger charge is 2.33. The van der Waals surface area contributed by atoms with Gasteiger partial charge in [0.25, 0.3) is 0 Å². The first-order valence-electron chi connectivity index (χ1n) is 11.1. The summed E-state index contributed by atoms with van der Waals surface area (Å²) in [7, 11) is 1.81. The van der Waals surface area contributed by atoms with Gasteiger partial charge in [-0.1, -0.05) is 13.8 Å². The standard InChI is InChI=1S/C23H29FN6OS/c1-12(2)19-20(14-7-13(3)22-26-11-27-30(22)10-14)28-16-8-18(32-21(16)19)23(31)29(4)17-5-6-25-9-15(17)24/h7-8,10-12,15,17,23,25,28,31H,5-6,9H2,1-4H3/t15-,17+,23?/m0/s1. The van der Waals surface area contributed by atoms with Crippen LogP contribution in [-0.2, 0) is 0 Å². The Bertz CT molecular complexity index is 1260. The lowest BCUT2D eigenvalue weighted by Gasteiger charge is -2.36. The van der Waals surface area contributed by atoms with Gasteiger partial charge in [-0.25, -0.2) is 13.9 Å². The van der Waals surface area contributed by atoms with Crippen LogP contribution in [0.5, 0.6) is 0 Å². The van der Waals surface area contributed by atoms with Gasteiger partial charge in [0.05, 0.1) is 20.8 Å². The summed E-state index contributed by atoms with van der Waals surface area (Å²) in [6.45, 7) is 7.50. The fraction of sp³-hybridized carbons (Fsp3) is 0.478. The van der Waals surface area contributed by atoms with Gasteiger partial charge in [0.15, 0.2) is 5.65 Å². The number of pyridine rings is 1. The number of H-pyrrole nitrogens is 1. The number of hydrogen-bond acceptors (Lipinski definition) is 6. The molecule has 5 rings (SSSR count). The number of piperidine rings is 1. The summed E-state index contributed by atoms with van der Waals surface area (Å²) in [6.07, 6.45) is 2.43. The van der Waals surface area contributed by atoms with Gasteiger partial charge in [-0.3, -0.25) is 4.90 Å². The van der Waals surface area contributed by atoms with Gasteiger partial charge in [0.1, 0.15) is 18.7 Å². The molecule has 3 atom stereocenters. The van der Waals surface area contributed by atoms with Crippen LogP contribution in [0.1, 0.15) is 48.4 Å². The normalized spacial score (nSPS) is 20.8. The number of nitrogens with one attached hydrogen (secondary N) is 2. The Labute approximate surface area is 190 Å². The Morgan fingerprint density at radius 2 is 2.16 bits per heavy atom. The zero-order valence-electron chi connectivity index (χ0n) is 18.8. The lowest BCUT2D eigenvalue weighted by atomic mass is 9.99. The first-order valence-corrected chi connectivity index (χ1v) is 11.9. The molecule has 4 aromatic rings. The first-order chi connectivity index (χ1) is 15.3. The van der Waals surface area contributed by atoms with Crippen molar-refractivity contribution in [2.45, 2.75) is 51.6 Å². The molecule has 7 nitrogen and oxygen atoms in total. The quantitative estimate of drug-likeness (QED) is 0.396. The number of hydrogen-bond donors (Lipinski definition) is 3. The maximum Gasteiger partial charge on any atom is 0.158 e. The third kappa shape index (κ3) is 3.53. The number of aromatic amines is 1. The summed E-state index contributed by atoms with van der Waals surface area (Å²) >= 11 is 1.58. The van der Waals surface area contributed by atoms with Crippen molar-refractivity contribution in [3.63, 3.8) is 0 Å². The number of halogens is 1. The van der Waals surface area contributed by atoms with E-state index in [4.69, 9.17) is 0 Å². The molecule has 9 heteroatoms. The fourth-order valence-electron chi connectivity index (χ4n) is 4.80. The third-order valence-corrected chi connectivity index (χ3v) is 7.70. The SMILES string of the molecule is Cc1cc(-c2[nH]c3cc(C(O)N(C)[C@@H]4CCNC[C@@H]4F)sc3c2C(C)C)cn2ncnc12. The van der Waals surface area contributed by atoms with Crippen LogP contribution in [0.4, 0.5) is 4.39 Å². The second-order valence-electron chi connectivity index (χ2n) is 9.02. The smallest absolute Gasteiger partial charge is 0.158 e. The number of aliphatic hydroxyl groups is 1. The lowest BCUT2D eigenvalue weighted by molar-refractivity contribution is -0.0364. The summed E-state index contributed by atoms with van der Waals surface area (Å²) in [5.74, 6) is 0.284. The molecular weight excluding hydrogens is 427 g/mol. The van der Waals surface area contributed by atoms with Gasteiger partial charge >= 0.3 is 0 Å². The number of fused-ring (bicyclic) bond motifs is 2. The molecule has 0 bridgehead atoms. The largest absolute Gasteiger partial charge is 0.373 e. The molecule has 0 saturated carbocycles. The van der Waals surface area contributed by atoms with Crippen LogP contribution in [-0.4, -0.2) is 61.9 Å². The molecule has 0 amide bonds. The summed E-state index contributed by atoms with van der Waals surface area (Å²) < 4.78 is 17.4. The van der Waals surface area contributed by atoms with E-state index in [1.165, 1.54) is 5.56 Å². The second kappa shape index (κ2) is 8.22. The molecule has 32 heavy (non-hydrogen) atoms. The van der Waals surface area contributed by atoms with Crippen molar-refractivity contribution in [1.29, 1.82) is 0 Å². The van der Waals surface area contributed by atoms with Gasteiger partial charge in [-0.2, -0.15) is 5.10 Å². The average Bonchev–Trinajstić information content (AvgIpc) is 3.46. The number of aryl methyl sites for hydroxylation is 1. The number of rotatable bonds is 5. The Morgan fingerprint density at radius 1 is 1.34 bits per heavy atom. The lowest BCUT2D eigenvalue weighted by Crippen LogP contribution is -2.50.